The van der Waals surface area contributed by atoms with Gasteiger partial charge in [-0.2, -0.15) is 0 Å². The molecule has 0 aliphatic rings. The third-order valence-electron chi connectivity index (χ3n) is 5.13. The molecule has 2 unspecified atom stereocenters. The lowest BCUT2D eigenvalue weighted by Gasteiger charge is -2.22. The van der Waals surface area contributed by atoms with Gasteiger partial charge in [0.2, 0.25) is 0 Å². The second-order valence-electron chi connectivity index (χ2n) is 8.84. The summed E-state index contributed by atoms with van der Waals surface area (Å²) < 4.78 is 0. The number of rotatable bonds is 14. The van der Waals surface area contributed by atoms with Gasteiger partial charge in [0.05, 0.1) is 0 Å². The van der Waals surface area contributed by atoms with Crippen LogP contribution < -0.4 is 0 Å². The molecular weight excluding hydrogens is 264 g/mol. The average molecular weight is 311 g/mol. The Bertz CT molecular complexity index is 223. The highest BCUT2D eigenvalue weighted by molar-refractivity contribution is 4.67. The van der Waals surface area contributed by atoms with Crippen LogP contribution in [0.25, 0.3) is 0 Å². The van der Waals surface area contributed by atoms with Crippen molar-refractivity contribution in [3.63, 3.8) is 0 Å². The lowest BCUT2D eigenvalue weighted by Crippen LogP contribution is -2.08. The molecule has 0 heteroatoms. The minimum atomic E-state index is 0.520. The molecule has 0 aromatic heterocycles. The zero-order valence-electron chi connectivity index (χ0n) is 16.8. The Morgan fingerprint density at radius 1 is 0.545 bits per heavy atom. The van der Waals surface area contributed by atoms with E-state index in [0.29, 0.717) is 5.41 Å². The minimum Gasteiger partial charge on any atom is -0.0654 e. The maximum absolute atomic E-state index is 2.37. The summed E-state index contributed by atoms with van der Waals surface area (Å²) in [5.41, 5.74) is 0.520. The second-order valence-corrected chi connectivity index (χ2v) is 8.84. The molecule has 0 aromatic rings. The van der Waals surface area contributed by atoms with E-state index in [1.165, 1.54) is 83.5 Å². The minimum absolute atomic E-state index is 0.520. The molecule has 0 radical (unpaired) electrons. The highest BCUT2D eigenvalue weighted by Gasteiger charge is 2.14. The van der Waals surface area contributed by atoms with Gasteiger partial charge in [0.25, 0.3) is 0 Å². The molecule has 22 heavy (non-hydrogen) atoms. The van der Waals surface area contributed by atoms with Crippen LogP contribution in [0.5, 0.6) is 0 Å². The second kappa shape index (κ2) is 13.4. The van der Waals surface area contributed by atoms with Gasteiger partial charge in [-0.1, -0.05) is 119 Å². The quantitative estimate of drug-likeness (QED) is 0.282. The fourth-order valence-corrected chi connectivity index (χ4v) is 3.74. The molecule has 0 fully saturated rings. The number of hydrogen-bond donors (Lipinski definition) is 0. The van der Waals surface area contributed by atoms with Gasteiger partial charge >= 0.3 is 0 Å². The highest BCUT2D eigenvalue weighted by atomic mass is 14.2. The smallest absolute Gasteiger partial charge is 0.0383 e. The van der Waals surface area contributed by atoms with Gasteiger partial charge in [-0.15, -0.1) is 0 Å². The Morgan fingerprint density at radius 3 is 1.45 bits per heavy atom. The van der Waals surface area contributed by atoms with Gasteiger partial charge in [-0.3, -0.25) is 0 Å². The van der Waals surface area contributed by atoms with Crippen LogP contribution in [-0.4, -0.2) is 0 Å². The fourth-order valence-electron chi connectivity index (χ4n) is 3.74. The van der Waals surface area contributed by atoms with Gasteiger partial charge in [0.1, 0.15) is 0 Å². The van der Waals surface area contributed by atoms with Crippen molar-refractivity contribution in [2.45, 2.75) is 125 Å². The van der Waals surface area contributed by atoms with Crippen LogP contribution >= 0.6 is 0 Å². The van der Waals surface area contributed by atoms with E-state index in [1.54, 1.807) is 0 Å². The normalized spacial score (nSPS) is 15.0. The molecular formula is C22H46. The van der Waals surface area contributed by atoms with Crippen LogP contribution in [0.15, 0.2) is 0 Å². The molecule has 0 rings (SSSR count). The zero-order chi connectivity index (χ0) is 16.8. The van der Waals surface area contributed by atoms with Crippen molar-refractivity contribution in [3.8, 4) is 0 Å². The summed E-state index contributed by atoms with van der Waals surface area (Å²) in [4.78, 5) is 0. The van der Waals surface area contributed by atoms with Crippen LogP contribution in [0.2, 0.25) is 0 Å². The van der Waals surface area contributed by atoms with E-state index < -0.39 is 0 Å². The van der Waals surface area contributed by atoms with E-state index in [-0.39, 0.29) is 0 Å². The highest BCUT2D eigenvalue weighted by Crippen LogP contribution is 2.29. The topological polar surface area (TPSA) is 0 Å². The van der Waals surface area contributed by atoms with Crippen molar-refractivity contribution in [1.29, 1.82) is 0 Å². The molecule has 0 aromatic carbocycles. The molecule has 0 aliphatic carbocycles. The SMILES string of the molecule is CCCCC(CCC)CCC(CCC)CCCCC(C)(C)C. The predicted octanol–water partition coefficient (Wildman–Crippen LogP) is 8.40. The molecule has 0 saturated heterocycles. The molecule has 134 valence electrons. The molecule has 2 atom stereocenters. The summed E-state index contributed by atoms with van der Waals surface area (Å²) in [5, 5.41) is 0. The van der Waals surface area contributed by atoms with Gasteiger partial charge in [-0.05, 0) is 23.7 Å². The third-order valence-corrected chi connectivity index (χ3v) is 5.13. The maximum Gasteiger partial charge on any atom is -0.0383 e. The van der Waals surface area contributed by atoms with E-state index in [2.05, 4.69) is 41.5 Å². The summed E-state index contributed by atoms with van der Waals surface area (Å²) >= 11 is 0. The zero-order valence-corrected chi connectivity index (χ0v) is 16.8. The summed E-state index contributed by atoms with van der Waals surface area (Å²) in [6, 6.07) is 0. The lowest BCUT2D eigenvalue weighted by atomic mass is 9.84. The first-order valence-corrected chi connectivity index (χ1v) is 10.4. The Hall–Kier alpha value is 0. The first-order chi connectivity index (χ1) is 10.4. The van der Waals surface area contributed by atoms with Crippen LogP contribution in [0, 0.1) is 17.3 Å². The van der Waals surface area contributed by atoms with Gasteiger partial charge in [0.15, 0.2) is 0 Å². The Kier molecular flexibility index (Phi) is 13.4. The Balaban J connectivity index is 4.03. The number of hydrogen-bond acceptors (Lipinski definition) is 0. The maximum atomic E-state index is 2.37. The van der Waals surface area contributed by atoms with Crippen molar-refractivity contribution < 1.29 is 0 Å². The predicted molar refractivity (Wildman–Crippen MR) is 103 cm³/mol. The molecule has 0 saturated carbocycles. The van der Waals surface area contributed by atoms with Crippen molar-refractivity contribution >= 4 is 0 Å². The third kappa shape index (κ3) is 13.6. The van der Waals surface area contributed by atoms with E-state index in [0.717, 1.165) is 11.8 Å². The van der Waals surface area contributed by atoms with Crippen molar-refractivity contribution in [2.75, 3.05) is 0 Å². The van der Waals surface area contributed by atoms with Crippen molar-refractivity contribution in [3.05, 3.63) is 0 Å². The van der Waals surface area contributed by atoms with E-state index in [4.69, 9.17) is 0 Å². The van der Waals surface area contributed by atoms with Crippen LogP contribution in [0.1, 0.15) is 125 Å². The van der Waals surface area contributed by atoms with Gasteiger partial charge in [0, 0.05) is 0 Å². The van der Waals surface area contributed by atoms with Gasteiger partial charge in [-0.25, -0.2) is 0 Å². The first-order valence-electron chi connectivity index (χ1n) is 10.4. The molecule has 0 N–H and O–H groups in total. The Morgan fingerprint density at radius 2 is 1.05 bits per heavy atom. The first kappa shape index (κ1) is 22.0. The van der Waals surface area contributed by atoms with E-state index in [9.17, 15) is 0 Å². The summed E-state index contributed by atoms with van der Waals surface area (Å²) in [6.45, 7) is 14.2. The largest absolute Gasteiger partial charge is 0.0654 e. The summed E-state index contributed by atoms with van der Waals surface area (Å²) in [7, 11) is 0. The molecule has 0 nitrogen and oxygen atoms in total. The molecule has 0 bridgehead atoms. The lowest BCUT2D eigenvalue weighted by molar-refractivity contribution is 0.307. The Labute approximate surface area is 142 Å². The molecule has 0 aliphatic heterocycles. The van der Waals surface area contributed by atoms with Crippen molar-refractivity contribution in [1.82, 2.24) is 0 Å². The molecule has 0 amide bonds. The van der Waals surface area contributed by atoms with Crippen LogP contribution in [0.3, 0.4) is 0 Å². The monoisotopic (exact) mass is 310 g/mol. The number of unbranched alkanes of at least 4 members (excludes halogenated alkanes) is 2. The summed E-state index contributed by atoms with van der Waals surface area (Å²) in [5.74, 6) is 2.02. The van der Waals surface area contributed by atoms with Crippen LogP contribution in [-0.2, 0) is 0 Å². The van der Waals surface area contributed by atoms with Gasteiger partial charge < -0.3 is 0 Å². The molecule has 0 heterocycles. The van der Waals surface area contributed by atoms with E-state index >= 15 is 0 Å². The molecule has 0 spiro atoms. The fraction of sp³-hybridized carbons (Fsp3) is 1.00. The van der Waals surface area contributed by atoms with Crippen LogP contribution in [0.4, 0.5) is 0 Å². The standard InChI is InChI=1S/C22H46/c1-7-10-15-20(13-8-2)17-18-21(14-9-3)16-11-12-19-22(4,5)6/h20-21H,7-19H2,1-6H3. The van der Waals surface area contributed by atoms with E-state index in [1.807, 2.05) is 0 Å². The summed E-state index contributed by atoms with van der Waals surface area (Å²) in [6.07, 6.45) is 18.7. The van der Waals surface area contributed by atoms with Crippen molar-refractivity contribution in [2.24, 2.45) is 17.3 Å². The average Bonchev–Trinajstić information content (AvgIpc) is 2.45.